The molecule has 0 saturated heterocycles. The molecule has 0 aromatic heterocycles. The molecule has 0 aliphatic carbocycles. The Bertz CT molecular complexity index is 439. The van der Waals surface area contributed by atoms with Gasteiger partial charge in [-0.15, -0.1) is 0 Å². The van der Waals surface area contributed by atoms with Crippen molar-refractivity contribution >= 4 is 5.69 Å². The van der Waals surface area contributed by atoms with Gasteiger partial charge in [-0.2, -0.15) is 5.26 Å². The minimum atomic E-state index is -0.515. The molecule has 3 heteroatoms. The average Bonchev–Trinajstić information content (AvgIpc) is 2.47. The number of methoxy groups -OCH3 is 1. The minimum absolute atomic E-state index is 0.515. The smallest absolute Gasteiger partial charge is 0.122 e. The molecule has 0 aliphatic heterocycles. The molecule has 0 saturated carbocycles. The van der Waals surface area contributed by atoms with Gasteiger partial charge in [0.25, 0.3) is 0 Å². The van der Waals surface area contributed by atoms with E-state index in [1.807, 2.05) is 31.2 Å². The zero-order chi connectivity index (χ0) is 14.8. The number of nitrogens with one attached hydrogen (secondary N) is 1. The molecular weight excluding hydrogens is 248 g/mol. The maximum atomic E-state index is 9.43. The first kappa shape index (κ1) is 16.4. The summed E-state index contributed by atoms with van der Waals surface area (Å²) in [4.78, 5) is 0. The SMILES string of the molecule is CCCCCCCC(C)(C#N)Nc1cccc(OC)c1. The van der Waals surface area contributed by atoms with Crippen LogP contribution in [0.15, 0.2) is 24.3 Å². The molecule has 20 heavy (non-hydrogen) atoms. The average molecular weight is 274 g/mol. The Labute approximate surface area is 123 Å². The van der Waals surface area contributed by atoms with E-state index in [1.54, 1.807) is 7.11 Å². The Morgan fingerprint density at radius 3 is 2.65 bits per heavy atom. The van der Waals surface area contributed by atoms with Gasteiger partial charge >= 0.3 is 0 Å². The van der Waals surface area contributed by atoms with Crippen molar-refractivity contribution in [2.24, 2.45) is 0 Å². The molecule has 0 amide bonds. The number of hydrogen-bond acceptors (Lipinski definition) is 3. The van der Waals surface area contributed by atoms with Gasteiger partial charge in [0.1, 0.15) is 11.3 Å². The first-order valence-electron chi connectivity index (χ1n) is 7.47. The second-order valence-corrected chi connectivity index (χ2v) is 5.47. The van der Waals surface area contributed by atoms with Crippen molar-refractivity contribution in [3.63, 3.8) is 0 Å². The van der Waals surface area contributed by atoms with Crippen LogP contribution in [0.1, 0.15) is 52.4 Å². The number of nitriles is 1. The molecule has 1 unspecified atom stereocenters. The van der Waals surface area contributed by atoms with Gasteiger partial charge in [-0.3, -0.25) is 0 Å². The van der Waals surface area contributed by atoms with Gasteiger partial charge in [-0.1, -0.05) is 45.1 Å². The van der Waals surface area contributed by atoms with E-state index >= 15 is 0 Å². The fourth-order valence-electron chi connectivity index (χ4n) is 2.25. The fourth-order valence-corrected chi connectivity index (χ4v) is 2.25. The molecular formula is C17H26N2O. The van der Waals surface area contributed by atoms with E-state index in [1.165, 1.54) is 25.7 Å². The van der Waals surface area contributed by atoms with Crippen molar-refractivity contribution < 1.29 is 4.74 Å². The molecule has 0 bridgehead atoms. The van der Waals surface area contributed by atoms with Crippen LogP contribution in [0.5, 0.6) is 5.75 Å². The Balaban J connectivity index is 2.53. The largest absolute Gasteiger partial charge is 0.497 e. The van der Waals surface area contributed by atoms with Crippen molar-refractivity contribution in [2.75, 3.05) is 12.4 Å². The van der Waals surface area contributed by atoms with Gasteiger partial charge in [0.15, 0.2) is 0 Å². The van der Waals surface area contributed by atoms with Crippen LogP contribution in [-0.4, -0.2) is 12.6 Å². The van der Waals surface area contributed by atoms with Gasteiger partial charge in [-0.25, -0.2) is 0 Å². The molecule has 1 aromatic carbocycles. The summed E-state index contributed by atoms with van der Waals surface area (Å²) in [6.07, 6.45) is 6.94. The summed E-state index contributed by atoms with van der Waals surface area (Å²) in [6, 6.07) is 10.1. The molecule has 0 aliphatic rings. The Morgan fingerprint density at radius 1 is 1.25 bits per heavy atom. The maximum absolute atomic E-state index is 9.43. The van der Waals surface area contributed by atoms with Crippen LogP contribution in [0, 0.1) is 11.3 Å². The molecule has 1 aromatic rings. The first-order valence-corrected chi connectivity index (χ1v) is 7.47. The van der Waals surface area contributed by atoms with Crippen LogP contribution in [0.2, 0.25) is 0 Å². The second-order valence-electron chi connectivity index (χ2n) is 5.47. The van der Waals surface area contributed by atoms with E-state index in [9.17, 15) is 5.26 Å². The zero-order valence-corrected chi connectivity index (χ0v) is 12.9. The minimum Gasteiger partial charge on any atom is -0.497 e. The van der Waals surface area contributed by atoms with Crippen molar-refractivity contribution in [1.29, 1.82) is 5.26 Å². The third kappa shape index (κ3) is 5.52. The summed E-state index contributed by atoms with van der Waals surface area (Å²) < 4.78 is 5.21. The summed E-state index contributed by atoms with van der Waals surface area (Å²) in [5, 5.41) is 12.8. The maximum Gasteiger partial charge on any atom is 0.122 e. The van der Waals surface area contributed by atoms with E-state index in [4.69, 9.17) is 4.74 Å². The topological polar surface area (TPSA) is 45.0 Å². The summed E-state index contributed by atoms with van der Waals surface area (Å²) >= 11 is 0. The molecule has 110 valence electrons. The van der Waals surface area contributed by atoms with Crippen LogP contribution in [0.4, 0.5) is 5.69 Å². The number of ether oxygens (including phenoxy) is 1. The van der Waals surface area contributed by atoms with E-state index in [2.05, 4.69) is 18.3 Å². The highest BCUT2D eigenvalue weighted by Gasteiger charge is 2.22. The predicted octanol–water partition coefficient (Wildman–Crippen LogP) is 4.75. The molecule has 0 heterocycles. The Morgan fingerprint density at radius 2 is 2.00 bits per heavy atom. The van der Waals surface area contributed by atoms with E-state index in [-0.39, 0.29) is 0 Å². The van der Waals surface area contributed by atoms with Gasteiger partial charge in [0.05, 0.1) is 13.2 Å². The number of nitrogens with zero attached hydrogens (tertiary/aromatic N) is 1. The number of benzene rings is 1. The molecule has 0 fully saturated rings. The highest BCUT2D eigenvalue weighted by atomic mass is 16.5. The lowest BCUT2D eigenvalue weighted by molar-refractivity contribution is 0.415. The number of anilines is 1. The van der Waals surface area contributed by atoms with Gasteiger partial charge < -0.3 is 10.1 Å². The lowest BCUT2D eigenvalue weighted by atomic mass is 9.95. The van der Waals surface area contributed by atoms with Crippen molar-refractivity contribution in [1.82, 2.24) is 0 Å². The fraction of sp³-hybridized carbons (Fsp3) is 0.588. The van der Waals surface area contributed by atoms with Crippen LogP contribution < -0.4 is 10.1 Å². The predicted molar refractivity (Wildman–Crippen MR) is 84.0 cm³/mol. The first-order chi connectivity index (χ1) is 9.63. The zero-order valence-electron chi connectivity index (χ0n) is 12.9. The molecule has 3 nitrogen and oxygen atoms in total. The summed E-state index contributed by atoms with van der Waals surface area (Å²) in [5.41, 5.74) is 0.417. The van der Waals surface area contributed by atoms with Gasteiger partial charge in [0.2, 0.25) is 0 Å². The molecule has 1 rings (SSSR count). The quantitative estimate of drug-likeness (QED) is 0.661. The highest BCUT2D eigenvalue weighted by molar-refractivity contribution is 5.51. The highest BCUT2D eigenvalue weighted by Crippen LogP contribution is 2.24. The Kier molecular flexibility index (Phi) is 6.93. The van der Waals surface area contributed by atoms with E-state index < -0.39 is 5.54 Å². The van der Waals surface area contributed by atoms with E-state index in [0.29, 0.717) is 0 Å². The summed E-state index contributed by atoms with van der Waals surface area (Å²) in [7, 11) is 1.65. The third-order valence-corrected chi connectivity index (χ3v) is 3.52. The normalized spacial score (nSPS) is 13.3. The summed E-state index contributed by atoms with van der Waals surface area (Å²) in [6.45, 7) is 4.18. The number of unbranched alkanes of at least 4 members (excludes halogenated alkanes) is 4. The van der Waals surface area contributed by atoms with Crippen LogP contribution >= 0.6 is 0 Å². The lowest BCUT2D eigenvalue weighted by Crippen LogP contribution is -2.32. The van der Waals surface area contributed by atoms with Crippen LogP contribution in [0.3, 0.4) is 0 Å². The van der Waals surface area contributed by atoms with Crippen molar-refractivity contribution in [3.05, 3.63) is 24.3 Å². The van der Waals surface area contributed by atoms with E-state index in [0.717, 1.165) is 24.3 Å². The Hall–Kier alpha value is -1.69. The van der Waals surface area contributed by atoms with Crippen LogP contribution in [0.25, 0.3) is 0 Å². The molecule has 0 spiro atoms. The molecule has 1 N–H and O–H groups in total. The lowest BCUT2D eigenvalue weighted by Gasteiger charge is -2.24. The third-order valence-electron chi connectivity index (χ3n) is 3.52. The standard InChI is InChI=1S/C17H26N2O/c1-4-5-6-7-8-12-17(2,14-18)19-15-10-9-11-16(13-15)20-3/h9-11,13,19H,4-8,12H2,1-3H3. The summed E-state index contributed by atoms with van der Waals surface area (Å²) in [5.74, 6) is 0.804. The number of rotatable bonds is 9. The van der Waals surface area contributed by atoms with Gasteiger partial charge in [-0.05, 0) is 25.5 Å². The van der Waals surface area contributed by atoms with Crippen LogP contribution in [-0.2, 0) is 0 Å². The second kappa shape index (κ2) is 8.47. The monoisotopic (exact) mass is 274 g/mol. The van der Waals surface area contributed by atoms with Crippen molar-refractivity contribution in [3.8, 4) is 11.8 Å². The van der Waals surface area contributed by atoms with Gasteiger partial charge in [0, 0.05) is 11.8 Å². The van der Waals surface area contributed by atoms with Crippen molar-refractivity contribution in [2.45, 2.75) is 57.9 Å². The number of hydrogen-bond donors (Lipinski definition) is 1. The molecule has 0 radical (unpaired) electrons. The molecule has 1 atom stereocenters.